The molecule has 0 atom stereocenters. The first kappa shape index (κ1) is 13.9. The SMILES string of the molecule is Cc1ccc(C)c(C(=O)CSc2nc3ccccc3o2)c1. The summed E-state index contributed by atoms with van der Waals surface area (Å²) in [4.78, 5) is 16.7. The number of oxazole rings is 1. The first-order chi connectivity index (χ1) is 10.1. The Morgan fingerprint density at radius 1 is 1.19 bits per heavy atom. The molecule has 21 heavy (non-hydrogen) atoms. The van der Waals surface area contributed by atoms with Crippen LogP contribution in [0.3, 0.4) is 0 Å². The fraction of sp³-hybridized carbons (Fsp3) is 0.176. The van der Waals surface area contributed by atoms with Gasteiger partial charge in [-0.15, -0.1) is 0 Å². The molecule has 0 spiro atoms. The van der Waals surface area contributed by atoms with Gasteiger partial charge in [0.15, 0.2) is 11.4 Å². The first-order valence-electron chi connectivity index (χ1n) is 6.72. The molecule has 0 N–H and O–H groups in total. The van der Waals surface area contributed by atoms with Gasteiger partial charge in [0.25, 0.3) is 5.22 Å². The van der Waals surface area contributed by atoms with Crippen LogP contribution in [0, 0.1) is 13.8 Å². The molecule has 0 saturated heterocycles. The maximum Gasteiger partial charge on any atom is 0.257 e. The Balaban J connectivity index is 1.74. The van der Waals surface area contributed by atoms with Crippen LogP contribution in [0.25, 0.3) is 11.1 Å². The largest absolute Gasteiger partial charge is 0.431 e. The van der Waals surface area contributed by atoms with Crippen molar-refractivity contribution in [2.75, 3.05) is 5.75 Å². The first-order valence-corrected chi connectivity index (χ1v) is 7.71. The van der Waals surface area contributed by atoms with Crippen molar-refractivity contribution in [3.05, 3.63) is 59.2 Å². The second-order valence-electron chi connectivity index (χ2n) is 4.98. The third kappa shape index (κ3) is 3.00. The van der Waals surface area contributed by atoms with Crippen LogP contribution < -0.4 is 0 Å². The Hall–Kier alpha value is -2.07. The molecule has 3 rings (SSSR count). The summed E-state index contributed by atoms with van der Waals surface area (Å²) < 4.78 is 5.61. The predicted molar refractivity (Wildman–Crippen MR) is 85.0 cm³/mol. The van der Waals surface area contributed by atoms with Gasteiger partial charge in [-0.05, 0) is 37.6 Å². The number of benzene rings is 2. The van der Waals surface area contributed by atoms with Gasteiger partial charge < -0.3 is 4.42 Å². The summed E-state index contributed by atoms with van der Waals surface area (Å²) in [5, 5.41) is 0.537. The number of Topliss-reactive ketones (excluding diaryl/α,β-unsaturated/α-hetero) is 1. The molecular formula is C17H15NO2S. The van der Waals surface area contributed by atoms with E-state index in [1.165, 1.54) is 11.8 Å². The van der Waals surface area contributed by atoms with Crippen LogP contribution in [0.5, 0.6) is 0 Å². The minimum absolute atomic E-state index is 0.100. The lowest BCUT2D eigenvalue weighted by Crippen LogP contribution is -2.05. The monoisotopic (exact) mass is 297 g/mol. The van der Waals surface area contributed by atoms with E-state index < -0.39 is 0 Å². The minimum atomic E-state index is 0.100. The number of fused-ring (bicyclic) bond motifs is 1. The van der Waals surface area contributed by atoms with Crippen molar-refractivity contribution < 1.29 is 9.21 Å². The highest BCUT2D eigenvalue weighted by Crippen LogP contribution is 2.24. The number of aromatic nitrogens is 1. The van der Waals surface area contributed by atoms with Crippen LogP contribution >= 0.6 is 11.8 Å². The molecule has 0 amide bonds. The number of para-hydroxylation sites is 2. The van der Waals surface area contributed by atoms with Crippen molar-refractivity contribution >= 4 is 28.6 Å². The average molecular weight is 297 g/mol. The quantitative estimate of drug-likeness (QED) is 0.528. The molecule has 3 aromatic rings. The lowest BCUT2D eigenvalue weighted by molar-refractivity contribution is 0.102. The molecule has 3 nitrogen and oxygen atoms in total. The highest BCUT2D eigenvalue weighted by Gasteiger charge is 2.12. The maximum atomic E-state index is 12.3. The average Bonchev–Trinajstić information content (AvgIpc) is 2.90. The standard InChI is InChI=1S/C17H15NO2S/c1-11-7-8-12(2)13(9-11)15(19)10-21-17-18-14-5-3-4-6-16(14)20-17/h3-9H,10H2,1-2H3. The number of carbonyl (C=O) groups excluding carboxylic acids is 1. The Labute approximate surface area is 127 Å². The number of nitrogens with zero attached hydrogens (tertiary/aromatic N) is 1. The molecular weight excluding hydrogens is 282 g/mol. The molecule has 0 aliphatic rings. The summed E-state index contributed by atoms with van der Waals surface area (Å²) >= 11 is 1.34. The van der Waals surface area contributed by atoms with Crippen LogP contribution in [0.15, 0.2) is 52.1 Å². The molecule has 4 heteroatoms. The lowest BCUT2D eigenvalue weighted by atomic mass is 10.0. The van der Waals surface area contributed by atoms with E-state index in [0.717, 1.165) is 27.8 Å². The van der Waals surface area contributed by atoms with Crippen LogP contribution in [-0.2, 0) is 0 Å². The minimum Gasteiger partial charge on any atom is -0.431 e. The van der Waals surface area contributed by atoms with Gasteiger partial charge in [0, 0.05) is 5.56 Å². The zero-order valence-corrected chi connectivity index (χ0v) is 12.7. The van der Waals surface area contributed by atoms with E-state index in [0.29, 0.717) is 11.0 Å². The summed E-state index contributed by atoms with van der Waals surface area (Å²) in [6.45, 7) is 3.95. The summed E-state index contributed by atoms with van der Waals surface area (Å²) in [6.07, 6.45) is 0. The summed E-state index contributed by atoms with van der Waals surface area (Å²) in [5.41, 5.74) is 4.44. The maximum absolute atomic E-state index is 12.3. The Bertz CT molecular complexity index is 774. The molecule has 0 aliphatic carbocycles. The fourth-order valence-electron chi connectivity index (χ4n) is 2.15. The van der Waals surface area contributed by atoms with Crippen LogP contribution in [0.2, 0.25) is 0 Å². The number of rotatable bonds is 4. The molecule has 0 fully saturated rings. The van der Waals surface area contributed by atoms with E-state index >= 15 is 0 Å². The second kappa shape index (κ2) is 5.74. The summed E-state index contributed by atoms with van der Waals surface area (Å²) in [7, 11) is 0. The van der Waals surface area contributed by atoms with Crippen molar-refractivity contribution in [2.45, 2.75) is 19.1 Å². The molecule has 106 valence electrons. The van der Waals surface area contributed by atoms with Gasteiger partial charge in [-0.25, -0.2) is 4.98 Å². The van der Waals surface area contributed by atoms with Gasteiger partial charge in [0.2, 0.25) is 0 Å². The Morgan fingerprint density at radius 2 is 2.00 bits per heavy atom. The second-order valence-corrected chi connectivity index (χ2v) is 5.90. The lowest BCUT2D eigenvalue weighted by Gasteiger charge is -2.05. The summed E-state index contributed by atoms with van der Waals surface area (Å²) in [5.74, 6) is 0.431. The van der Waals surface area contributed by atoms with E-state index in [2.05, 4.69) is 4.98 Å². The van der Waals surface area contributed by atoms with Gasteiger partial charge >= 0.3 is 0 Å². The molecule has 0 saturated carbocycles. The number of aryl methyl sites for hydroxylation is 2. The van der Waals surface area contributed by atoms with E-state index in [4.69, 9.17) is 4.42 Å². The third-order valence-corrected chi connectivity index (χ3v) is 4.12. The van der Waals surface area contributed by atoms with E-state index in [1.807, 2.05) is 56.3 Å². The van der Waals surface area contributed by atoms with Crippen molar-refractivity contribution in [1.82, 2.24) is 4.98 Å². The zero-order valence-electron chi connectivity index (χ0n) is 11.9. The number of carbonyl (C=O) groups is 1. The summed E-state index contributed by atoms with van der Waals surface area (Å²) in [6, 6.07) is 13.5. The topological polar surface area (TPSA) is 43.1 Å². The third-order valence-electron chi connectivity index (χ3n) is 3.29. The molecule has 1 heterocycles. The zero-order chi connectivity index (χ0) is 14.8. The van der Waals surface area contributed by atoms with Gasteiger partial charge in [-0.3, -0.25) is 4.79 Å². The van der Waals surface area contributed by atoms with Gasteiger partial charge in [0.05, 0.1) is 5.75 Å². The fourth-order valence-corrected chi connectivity index (χ4v) is 2.88. The number of hydrogen-bond donors (Lipinski definition) is 0. The number of hydrogen-bond acceptors (Lipinski definition) is 4. The molecule has 0 unspecified atom stereocenters. The molecule has 1 aromatic heterocycles. The predicted octanol–water partition coefficient (Wildman–Crippen LogP) is 4.42. The number of thioether (sulfide) groups is 1. The normalized spacial score (nSPS) is 11.0. The smallest absolute Gasteiger partial charge is 0.257 e. The van der Waals surface area contributed by atoms with Crippen LogP contribution in [0.1, 0.15) is 21.5 Å². The molecule has 2 aromatic carbocycles. The van der Waals surface area contributed by atoms with Gasteiger partial charge in [0.1, 0.15) is 5.52 Å². The highest BCUT2D eigenvalue weighted by atomic mass is 32.2. The van der Waals surface area contributed by atoms with Gasteiger partial charge in [-0.2, -0.15) is 0 Å². The van der Waals surface area contributed by atoms with Crippen molar-refractivity contribution in [2.24, 2.45) is 0 Å². The Morgan fingerprint density at radius 3 is 2.81 bits per heavy atom. The molecule has 0 radical (unpaired) electrons. The molecule has 0 bridgehead atoms. The number of ketones is 1. The highest BCUT2D eigenvalue weighted by molar-refractivity contribution is 7.99. The van der Waals surface area contributed by atoms with Crippen molar-refractivity contribution in [3.63, 3.8) is 0 Å². The van der Waals surface area contributed by atoms with E-state index in [9.17, 15) is 4.79 Å². The van der Waals surface area contributed by atoms with E-state index in [1.54, 1.807) is 0 Å². The van der Waals surface area contributed by atoms with Crippen molar-refractivity contribution in [1.29, 1.82) is 0 Å². The van der Waals surface area contributed by atoms with E-state index in [-0.39, 0.29) is 5.78 Å². The molecule has 0 aliphatic heterocycles. The Kier molecular flexibility index (Phi) is 3.80. The van der Waals surface area contributed by atoms with Crippen LogP contribution in [0.4, 0.5) is 0 Å². The van der Waals surface area contributed by atoms with Crippen molar-refractivity contribution in [3.8, 4) is 0 Å². The van der Waals surface area contributed by atoms with Gasteiger partial charge in [-0.1, -0.05) is 41.6 Å². The van der Waals surface area contributed by atoms with Crippen LogP contribution in [-0.4, -0.2) is 16.5 Å².